The quantitative estimate of drug-likeness (QED) is 0.292. The van der Waals surface area contributed by atoms with Gasteiger partial charge in [0.2, 0.25) is 0 Å². The number of rotatable bonds is 11. The number of nitrogens with zero attached hydrogens (tertiary/aromatic N) is 6. The van der Waals surface area contributed by atoms with Gasteiger partial charge in [-0.15, -0.1) is 11.3 Å². The van der Waals surface area contributed by atoms with Gasteiger partial charge in [0.25, 0.3) is 5.91 Å². The molecule has 0 bridgehead atoms. The number of hydrogen-bond acceptors (Lipinski definition) is 11. The second-order valence-corrected chi connectivity index (χ2v) is 11.6. The van der Waals surface area contributed by atoms with Crippen molar-refractivity contribution in [3.63, 3.8) is 0 Å². The summed E-state index contributed by atoms with van der Waals surface area (Å²) in [5, 5.41) is 16.8. The Morgan fingerprint density at radius 1 is 1.17 bits per heavy atom. The van der Waals surface area contributed by atoms with Crippen LogP contribution in [-0.4, -0.2) is 89.7 Å². The first-order valence-electron chi connectivity index (χ1n) is 14.2. The summed E-state index contributed by atoms with van der Waals surface area (Å²) in [7, 11) is 0. The maximum atomic E-state index is 13.0. The molecule has 2 fully saturated rings. The third-order valence-electron chi connectivity index (χ3n) is 7.52. The molecule has 4 N–H and O–H groups in total. The molecule has 2 aliphatic heterocycles. The predicted octanol–water partition coefficient (Wildman–Crippen LogP) is 2.83. The summed E-state index contributed by atoms with van der Waals surface area (Å²) >= 11 is 1.69. The lowest BCUT2D eigenvalue weighted by Gasteiger charge is -2.31. The van der Waals surface area contributed by atoms with E-state index in [1.807, 2.05) is 24.4 Å². The summed E-state index contributed by atoms with van der Waals surface area (Å²) in [5.41, 5.74) is 7.78. The fraction of sp³-hybridized carbons (Fsp3) is 0.483. The monoisotopic (exact) mass is 575 g/mol. The van der Waals surface area contributed by atoms with E-state index in [1.54, 1.807) is 17.5 Å². The highest BCUT2D eigenvalue weighted by Gasteiger charge is 2.22. The van der Waals surface area contributed by atoms with Gasteiger partial charge in [-0.1, -0.05) is 6.07 Å². The molecule has 0 aromatic carbocycles. The van der Waals surface area contributed by atoms with E-state index in [9.17, 15) is 10.1 Å². The summed E-state index contributed by atoms with van der Waals surface area (Å²) < 4.78 is 5.39. The van der Waals surface area contributed by atoms with Crippen molar-refractivity contribution in [2.24, 2.45) is 5.92 Å². The summed E-state index contributed by atoms with van der Waals surface area (Å²) in [5.74, 6) is 0.489. The summed E-state index contributed by atoms with van der Waals surface area (Å²) in [6.45, 7) is 8.36. The van der Waals surface area contributed by atoms with Crippen LogP contribution in [0.15, 0.2) is 36.7 Å². The van der Waals surface area contributed by atoms with Crippen LogP contribution in [0.2, 0.25) is 0 Å². The van der Waals surface area contributed by atoms with Crippen molar-refractivity contribution in [3.05, 3.63) is 52.8 Å². The van der Waals surface area contributed by atoms with Crippen LogP contribution in [0.5, 0.6) is 0 Å². The number of ether oxygens (including phenoxy) is 1. The molecule has 2 saturated heterocycles. The number of carbonyl (C=O) groups is 1. The van der Waals surface area contributed by atoms with Gasteiger partial charge in [-0.3, -0.25) is 19.6 Å². The molecule has 5 heterocycles. The van der Waals surface area contributed by atoms with Crippen LogP contribution < -0.4 is 16.4 Å². The number of amides is 1. The van der Waals surface area contributed by atoms with E-state index >= 15 is 0 Å². The number of aromatic nitrogens is 3. The molecule has 3 aromatic rings. The molecule has 41 heavy (non-hydrogen) atoms. The van der Waals surface area contributed by atoms with Gasteiger partial charge in [0.05, 0.1) is 24.6 Å². The van der Waals surface area contributed by atoms with Crippen molar-refractivity contribution in [3.8, 4) is 16.8 Å². The van der Waals surface area contributed by atoms with Gasteiger partial charge in [-0.2, -0.15) is 5.26 Å². The molecular weight excluding hydrogens is 538 g/mol. The Bertz CT molecular complexity index is 1330. The number of likely N-dealkylation sites (tertiary alicyclic amines) is 1. The second kappa shape index (κ2) is 14.3. The van der Waals surface area contributed by atoms with E-state index in [4.69, 9.17) is 10.5 Å². The van der Waals surface area contributed by atoms with Gasteiger partial charge in [-0.05, 0) is 63.0 Å². The highest BCUT2D eigenvalue weighted by Crippen LogP contribution is 2.26. The van der Waals surface area contributed by atoms with Gasteiger partial charge < -0.3 is 21.1 Å². The maximum Gasteiger partial charge on any atom is 0.270 e. The van der Waals surface area contributed by atoms with Crippen LogP contribution in [0.3, 0.4) is 0 Å². The van der Waals surface area contributed by atoms with E-state index in [2.05, 4.69) is 41.5 Å². The average molecular weight is 576 g/mol. The van der Waals surface area contributed by atoms with Crippen molar-refractivity contribution >= 4 is 28.7 Å². The van der Waals surface area contributed by atoms with Crippen LogP contribution in [0, 0.1) is 17.2 Å². The molecule has 216 valence electrons. The summed E-state index contributed by atoms with van der Waals surface area (Å²) in [6, 6.07) is 9.47. The van der Waals surface area contributed by atoms with E-state index in [1.165, 1.54) is 10.9 Å². The fourth-order valence-corrected chi connectivity index (χ4v) is 6.08. The molecule has 5 rings (SSSR count). The Balaban J connectivity index is 1.07. The number of nitrogens with two attached hydrogens (primary N) is 1. The molecule has 12 heteroatoms. The van der Waals surface area contributed by atoms with Gasteiger partial charge in [0, 0.05) is 50.0 Å². The Morgan fingerprint density at radius 2 is 2.00 bits per heavy atom. The molecule has 0 unspecified atom stereocenters. The third-order valence-corrected chi connectivity index (χ3v) is 8.52. The molecule has 0 spiro atoms. The van der Waals surface area contributed by atoms with Crippen molar-refractivity contribution in [1.82, 2.24) is 30.1 Å². The van der Waals surface area contributed by atoms with E-state index in [0.29, 0.717) is 24.8 Å². The highest BCUT2D eigenvalue weighted by atomic mass is 32.1. The minimum absolute atomic E-state index is 0.225. The molecule has 0 aliphatic carbocycles. The molecule has 0 radical (unpaired) electrons. The normalized spacial score (nSPS) is 16.8. The molecule has 2 aliphatic rings. The van der Waals surface area contributed by atoms with Crippen LogP contribution in [-0.2, 0) is 11.3 Å². The van der Waals surface area contributed by atoms with Crippen LogP contribution in [0.4, 0.5) is 11.5 Å². The van der Waals surface area contributed by atoms with E-state index in [-0.39, 0.29) is 22.9 Å². The lowest BCUT2D eigenvalue weighted by atomic mass is 9.96. The van der Waals surface area contributed by atoms with Crippen molar-refractivity contribution in [1.29, 1.82) is 5.26 Å². The zero-order valence-corrected chi connectivity index (χ0v) is 24.0. The topological polar surface area (TPSA) is 145 Å². The van der Waals surface area contributed by atoms with Crippen molar-refractivity contribution in [2.75, 3.05) is 70.1 Å². The molecular formula is C29H37N9O2S. The van der Waals surface area contributed by atoms with Gasteiger partial charge in [-0.25, -0.2) is 9.97 Å². The number of carbonyl (C=O) groups excluding carboxylic acids is 1. The third kappa shape index (κ3) is 7.98. The molecule has 11 nitrogen and oxygen atoms in total. The highest BCUT2D eigenvalue weighted by molar-refractivity contribution is 7.14. The minimum Gasteiger partial charge on any atom is -0.397 e. The molecule has 1 amide bonds. The number of anilines is 2. The smallest absolute Gasteiger partial charge is 0.270 e. The Labute approximate surface area is 244 Å². The number of nitrogen functional groups attached to an aromatic ring is 1. The molecule has 0 saturated carbocycles. The lowest BCUT2D eigenvalue weighted by molar-refractivity contribution is 0.0378. The average Bonchev–Trinajstić information content (AvgIpc) is 3.48. The van der Waals surface area contributed by atoms with Crippen LogP contribution in [0.1, 0.15) is 40.2 Å². The van der Waals surface area contributed by atoms with Crippen LogP contribution in [0.25, 0.3) is 10.7 Å². The first-order valence-corrected chi connectivity index (χ1v) is 15.0. The minimum atomic E-state index is -0.272. The number of morpholine rings is 1. The first-order chi connectivity index (χ1) is 20.1. The zero-order valence-electron chi connectivity index (χ0n) is 23.2. The number of hydrogen-bond donors (Lipinski definition) is 3. The Hall–Kier alpha value is -3.63. The van der Waals surface area contributed by atoms with E-state index < -0.39 is 0 Å². The summed E-state index contributed by atoms with van der Waals surface area (Å²) in [4.78, 5) is 32.4. The lowest BCUT2D eigenvalue weighted by Crippen LogP contribution is -2.38. The molecule has 0 atom stereocenters. The van der Waals surface area contributed by atoms with Crippen molar-refractivity contribution < 1.29 is 9.53 Å². The largest absolute Gasteiger partial charge is 0.397 e. The number of nitrogens with one attached hydrogen (secondary N) is 2. The van der Waals surface area contributed by atoms with Gasteiger partial charge in [0.1, 0.15) is 28.2 Å². The second-order valence-electron chi connectivity index (χ2n) is 10.4. The zero-order chi connectivity index (χ0) is 28.4. The number of pyridine rings is 2. The first kappa shape index (κ1) is 28.9. The van der Waals surface area contributed by atoms with Gasteiger partial charge in [0.15, 0.2) is 0 Å². The fourth-order valence-electron chi connectivity index (χ4n) is 5.15. The maximum absolute atomic E-state index is 13.0. The predicted molar refractivity (Wildman–Crippen MR) is 159 cm³/mol. The standard InChI is InChI=1S/C29H37N9O2S/c30-17-23-24(31)16-26(36-27(23)33-8-3-9-37-12-14-40-15-13-37)28(39)34-18-21-5-10-38(11-6-21)20-22-19-35-29(41-22)25-4-1-2-7-32-25/h1-2,4,7,16,19,21H,3,5-6,8-15,18,20H2,(H,34,39)(H3,31,33,36). The number of thiazole rings is 1. The summed E-state index contributed by atoms with van der Waals surface area (Å²) in [6.07, 6.45) is 6.63. The number of nitriles is 1. The van der Waals surface area contributed by atoms with Gasteiger partial charge >= 0.3 is 0 Å². The van der Waals surface area contributed by atoms with E-state index in [0.717, 1.165) is 82.4 Å². The van der Waals surface area contributed by atoms with Crippen LogP contribution >= 0.6 is 11.3 Å². The Kier molecular flexibility index (Phi) is 10.1. The molecule has 3 aromatic heterocycles. The van der Waals surface area contributed by atoms with Crippen molar-refractivity contribution in [2.45, 2.75) is 25.8 Å². The number of piperidine rings is 1. The Morgan fingerprint density at radius 3 is 2.76 bits per heavy atom. The SMILES string of the molecule is N#Cc1c(N)cc(C(=O)NCC2CCN(Cc3cnc(-c4ccccn4)s3)CC2)nc1NCCCN1CCOCC1.